The Labute approximate surface area is 174 Å². The van der Waals surface area contributed by atoms with E-state index in [0.29, 0.717) is 24.8 Å². The zero-order chi connectivity index (χ0) is 21.7. The topological polar surface area (TPSA) is 120 Å². The number of carbonyl (C=O) groups is 4. The summed E-state index contributed by atoms with van der Waals surface area (Å²) in [5.41, 5.74) is 0.238. The first-order chi connectivity index (χ1) is 14.4. The highest BCUT2D eigenvalue weighted by molar-refractivity contribution is 6.06. The van der Waals surface area contributed by atoms with Gasteiger partial charge in [-0.1, -0.05) is 24.3 Å². The van der Waals surface area contributed by atoms with E-state index < -0.39 is 29.9 Å². The van der Waals surface area contributed by atoms with Crippen molar-refractivity contribution in [3.05, 3.63) is 42.2 Å². The van der Waals surface area contributed by atoms with Crippen LogP contribution in [0.3, 0.4) is 0 Å². The van der Waals surface area contributed by atoms with Crippen molar-refractivity contribution in [3.63, 3.8) is 0 Å². The SMILES string of the molecule is C[C@H](NC(=O)c1nccc2ccccc12)C(=O)N1CCNC[C@H]1C(=O)N[C@@H](C)C=O. The summed E-state index contributed by atoms with van der Waals surface area (Å²) in [6, 6.07) is 6.92. The molecule has 3 amide bonds. The Morgan fingerprint density at radius 1 is 1.20 bits per heavy atom. The summed E-state index contributed by atoms with van der Waals surface area (Å²) in [7, 11) is 0. The van der Waals surface area contributed by atoms with E-state index in [9.17, 15) is 19.2 Å². The number of nitrogens with one attached hydrogen (secondary N) is 3. The molecule has 30 heavy (non-hydrogen) atoms. The summed E-state index contributed by atoms with van der Waals surface area (Å²) >= 11 is 0. The Morgan fingerprint density at radius 3 is 2.73 bits per heavy atom. The van der Waals surface area contributed by atoms with Gasteiger partial charge in [0.05, 0.1) is 6.04 Å². The Morgan fingerprint density at radius 2 is 1.97 bits per heavy atom. The summed E-state index contributed by atoms with van der Waals surface area (Å²) in [5.74, 6) is -1.24. The molecule has 0 radical (unpaired) electrons. The second-order valence-corrected chi connectivity index (χ2v) is 7.26. The molecule has 0 saturated carbocycles. The number of carbonyl (C=O) groups excluding carboxylic acids is 4. The van der Waals surface area contributed by atoms with Crippen molar-refractivity contribution in [1.29, 1.82) is 0 Å². The Hall–Kier alpha value is -3.33. The third-order valence-electron chi connectivity index (χ3n) is 5.01. The van der Waals surface area contributed by atoms with Crippen molar-refractivity contribution < 1.29 is 19.2 Å². The quantitative estimate of drug-likeness (QED) is 0.569. The zero-order valence-electron chi connectivity index (χ0n) is 16.9. The smallest absolute Gasteiger partial charge is 0.271 e. The van der Waals surface area contributed by atoms with E-state index in [1.54, 1.807) is 26.1 Å². The molecule has 9 nitrogen and oxygen atoms in total. The third kappa shape index (κ3) is 4.62. The fourth-order valence-corrected chi connectivity index (χ4v) is 3.43. The molecule has 1 saturated heterocycles. The number of aromatic nitrogens is 1. The van der Waals surface area contributed by atoms with Crippen LogP contribution in [0, 0.1) is 0 Å². The number of piperazine rings is 1. The summed E-state index contributed by atoms with van der Waals surface area (Å²) < 4.78 is 0. The molecule has 0 unspecified atom stereocenters. The van der Waals surface area contributed by atoms with Gasteiger partial charge in [0.15, 0.2) is 0 Å². The highest BCUT2D eigenvalue weighted by atomic mass is 16.2. The van der Waals surface area contributed by atoms with Gasteiger partial charge in [-0.2, -0.15) is 0 Å². The van der Waals surface area contributed by atoms with Crippen molar-refractivity contribution in [3.8, 4) is 0 Å². The van der Waals surface area contributed by atoms with Crippen LogP contribution < -0.4 is 16.0 Å². The summed E-state index contributed by atoms with van der Waals surface area (Å²) in [4.78, 5) is 54.7. The van der Waals surface area contributed by atoms with E-state index in [1.165, 1.54) is 4.90 Å². The van der Waals surface area contributed by atoms with Crippen LogP contribution in [0.4, 0.5) is 0 Å². The van der Waals surface area contributed by atoms with Crippen molar-refractivity contribution in [1.82, 2.24) is 25.8 Å². The van der Waals surface area contributed by atoms with E-state index in [0.717, 1.165) is 5.39 Å². The lowest BCUT2D eigenvalue weighted by molar-refractivity contribution is -0.143. The molecule has 0 aliphatic carbocycles. The van der Waals surface area contributed by atoms with Crippen LogP contribution >= 0.6 is 0 Å². The van der Waals surface area contributed by atoms with E-state index in [1.807, 2.05) is 24.3 Å². The van der Waals surface area contributed by atoms with Crippen LogP contribution in [0.15, 0.2) is 36.5 Å². The van der Waals surface area contributed by atoms with Gasteiger partial charge in [0.2, 0.25) is 11.8 Å². The number of nitrogens with zero attached hydrogens (tertiary/aromatic N) is 2. The molecule has 1 aromatic heterocycles. The van der Waals surface area contributed by atoms with Gasteiger partial charge in [-0.15, -0.1) is 0 Å². The predicted molar refractivity (Wildman–Crippen MR) is 111 cm³/mol. The molecule has 1 aromatic carbocycles. The molecule has 0 bridgehead atoms. The van der Waals surface area contributed by atoms with Gasteiger partial charge in [-0.25, -0.2) is 0 Å². The molecule has 158 valence electrons. The number of fused-ring (bicyclic) bond motifs is 1. The molecule has 3 atom stereocenters. The lowest BCUT2D eigenvalue weighted by Crippen LogP contribution is -2.63. The van der Waals surface area contributed by atoms with E-state index in [2.05, 4.69) is 20.9 Å². The Bertz CT molecular complexity index is 958. The number of benzene rings is 1. The van der Waals surface area contributed by atoms with Crippen molar-refractivity contribution >= 4 is 34.8 Å². The molecule has 9 heteroatoms. The second kappa shape index (κ2) is 9.45. The van der Waals surface area contributed by atoms with Gasteiger partial charge < -0.3 is 25.6 Å². The number of rotatable bonds is 6. The average Bonchev–Trinajstić information content (AvgIpc) is 2.77. The lowest BCUT2D eigenvalue weighted by atomic mass is 10.1. The molecule has 0 spiro atoms. The highest BCUT2D eigenvalue weighted by Crippen LogP contribution is 2.16. The zero-order valence-corrected chi connectivity index (χ0v) is 16.9. The Kier molecular flexibility index (Phi) is 6.73. The molecule has 1 fully saturated rings. The molecule has 3 N–H and O–H groups in total. The summed E-state index contributed by atoms with van der Waals surface area (Å²) in [5, 5.41) is 9.91. The predicted octanol–water partition coefficient (Wildman–Crippen LogP) is -0.143. The maximum absolute atomic E-state index is 13.0. The largest absolute Gasteiger partial charge is 0.345 e. The maximum atomic E-state index is 13.0. The van der Waals surface area contributed by atoms with E-state index in [4.69, 9.17) is 0 Å². The van der Waals surface area contributed by atoms with Gasteiger partial charge in [-0.05, 0) is 25.3 Å². The van der Waals surface area contributed by atoms with Gasteiger partial charge in [0, 0.05) is 31.2 Å². The molecule has 1 aliphatic rings. The molecular formula is C21H25N5O4. The minimum Gasteiger partial charge on any atom is -0.345 e. The van der Waals surface area contributed by atoms with E-state index >= 15 is 0 Å². The van der Waals surface area contributed by atoms with Crippen LogP contribution in [-0.2, 0) is 14.4 Å². The monoisotopic (exact) mass is 411 g/mol. The second-order valence-electron chi connectivity index (χ2n) is 7.26. The minimum atomic E-state index is -0.852. The Balaban J connectivity index is 1.72. The lowest BCUT2D eigenvalue weighted by Gasteiger charge is -2.37. The first-order valence-corrected chi connectivity index (χ1v) is 9.84. The maximum Gasteiger partial charge on any atom is 0.271 e. The molecule has 3 rings (SSSR count). The van der Waals surface area contributed by atoms with Crippen LogP contribution in [0.2, 0.25) is 0 Å². The summed E-state index contributed by atoms with van der Waals surface area (Å²) in [6.45, 7) is 4.27. The highest BCUT2D eigenvalue weighted by Gasteiger charge is 2.35. The van der Waals surface area contributed by atoms with Crippen LogP contribution in [0.5, 0.6) is 0 Å². The third-order valence-corrected chi connectivity index (χ3v) is 5.01. The van der Waals surface area contributed by atoms with Crippen molar-refractivity contribution in [2.75, 3.05) is 19.6 Å². The molecule has 2 aromatic rings. The van der Waals surface area contributed by atoms with Gasteiger partial charge in [0.25, 0.3) is 5.91 Å². The molecular weight excluding hydrogens is 386 g/mol. The van der Waals surface area contributed by atoms with Gasteiger partial charge in [0.1, 0.15) is 24.1 Å². The number of hydrogen-bond donors (Lipinski definition) is 3. The molecule has 2 heterocycles. The first-order valence-electron chi connectivity index (χ1n) is 9.84. The minimum absolute atomic E-state index is 0.238. The fourth-order valence-electron chi connectivity index (χ4n) is 3.43. The standard InChI is InChI=1S/C21H25N5O4/c1-13(12-27)24-19(28)17-11-22-9-10-26(17)21(30)14(2)25-20(29)18-16-6-4-3-5-15(16)7-8-23-18/h3-8,12-14,17,22H,9-11H2,1-2H3,(H,24,28)(H,25,29)/t13-,14-,17-/m0/s1. The van der Waals surface area contributed by atoms with Crippen LogP contribution in [0.1, 0.15) is 24.3 Å². The van der Waals surface area contributed by atoms with Gasteiger partial charge >= 0.3 is 0 Å². The average molecular weight is 411 g/mol. The van der Waals surface area contributed by atoms with Crippen LogP contribution in [-0.4, -0.2) is 71.7 Å². The first kappa shape index (κ1) is 21.4. The number of amides is 3. The number of hydrogen-bond acceptors (Lipinski definition) is 6. The van der Waals surface area contributed by atoms with Gasteiger partial charge in [-0.3, -0.25) is 19.4 Å². The number of aldehydes is 1. The van der Waals surface area contributed by atoms with Crippen LogP contribution in [0.25, 0.3) is 10.8 Å². The van der Waals surface area contributed by atoms with Crippen molar-refractivity contribution in [2.45, 2.75) is 32.0 Å². The van der Waals surface area contributed by atoms with Crippen molar-refractivity contribution in [2.24, 2.45) is 0 Å². The number of pyridine rings is 1. The molecule has 1 aliphatic heterocycles. The summed E-state index contributed by atoms with van der Waals surface area (Å²) in [6.07, 6.45) is 2.18. The van der Waals surface area contributed by atoms with E-state index in [-0.39, 0.29) is 18.1 Å². The normalized spacial score (nSPS) is 18.3. The fraction of sp³-hybridized carbons (Fsp3) is 0.381.